The Hall–Kier alpha value is -3.44. The molecular formula is C29H33BrFN3O5S. The predicted molar refractivity (Wildman–Crippen MR) is 156 cm³/mol. The molecule has 1 atom stereocenters. The number of sulfonamides is 1. The van der Waals surface area contributed by atoms with Crippen molar-refractivity contribution < 1.29 is 27.1 Å². The van der Waals surface area contributed by atoms with E-state index in [1.54, 1.807) is 43.3 Å². The third-order valence-electron chi connectivity index (χ3n) is 6.10. The molecule has 1 N–H and O–H groups in total. The van der Waals surface area contributed by atoms with Gasteiger partial charge in [-0.05, 0) is 86.5 Å². The molecule has 0 saturated heterocycles. The second-order valence-corrected chi connectivity index (χ2v) is 11.8. The van der Waals surface area contributed by atoms with Gasteiger partial charge in [-0.1, -0.05) is 35.0 Å². The van der Waals surface area contributed by atoms with E-state index >= 15 is 0 Å². The van der Waals surface area contributed by atoms with Crippen LogP contribution in [-0.2, 0) is 26.2 Å². The Morgan fingerprint density at radius 1 is 0.975 bits per heavy atom. The van der Waals surface area contributed by atoms with E-state index in [1.807, 2.05) is 13.8 Å². The summed E-state index contributed by atoms with van der Waals surface area (Å²) in [6.07, 6.45) is 0.710. The quantitative estimate of drug-likeness (QED) is 0.282. The first-order chi connectivity index (χ1) is 19.1. The Balaban J connectivity index is 2.01. The lowest BCUT2D eigenvalue weighted by Crippen LogP contribution is -2.51. The largest absolute Gasteiger partial charge is 0.494 e. The summed E-state index contributed by atoms with van der Waals surface area (Å²) in [5.41, 5.74) is 0.845. The summed E-state index contributed by atoms with van der Waals surface area (Å²) >= 11 is 3.31. The number of carbonyl (C=O) groups excluding carboxylic acids is 2. The van der Waals surface area contributed by atoms with Crippen molar-refractivity contribution in [1.82, 2.24) is 10.2 Å². The predicted octanol–water partition coefficient (Wildman–Crippen LogP) is 5.13. The molecule has 3 aromatic rings. The minimum atomic E-state index is -4.19. The second kappa shape index (κ2) is 14.3. The maximum atomic E-state index is 13.9. The zero-order chi connectivity index (χ0) is 29.3. The van der Waals surface area contributed by atoms with Crippen LogP contribution in [-0.4, -0.2) is 50.9 Å². The van der Waals surface area contributed by atoms with Crippen LogP contribution in [0.2, 0.25) is 0 Å². The molecule has 0 fully saturated rings. The molecule has 0 saturated carbocycles. The first-order valence-electron chi connectivity index (χ1n) is 12.9. The zero-order valence-corrected chi connectivity index (χ0v) is 25.0. The number of halogens is 2. The van der Waals surface area contributed by atoms with Crippen molar-refractivity contribution in [3.8, 4) is 5.75 Å². The molecule has 0 aliphatic heterocycles. The summed E-state index contributed by atoms with van der Waals surface area (Å²) in [4.78, 5) is 28.0. The van der Waals surface area contributed by atoms with E-state index in [4.69, 9.17) is 4.74 Å². The molecule has 3 aromatic carbocycles. The van der Waals surface area contributed by atoms with Crippen LogP contribution in [0.5, 0.6) is 5.75 Å². The van der Waals surface area contributed by atoms with E-state index < -0.39 is 34.3 Å². The topological polar surface area (TPSA) is 96.0 Å². The van der Waals surface area contributed by atoms with Gasteiger partial charge in [0.05, 0.1) is 17.2 Å². The summed E-state index contributed by atoms with van der Waals surface area (Å²) in [5, 5.41) is 2.78. The van der Waals surface area contributed by atoms with Crippen LogP contribution in [0.1, 0.15) is 32.8 Å². The fraction of sp³-hybridized carbons (Fsp3) is 0.310. The van der Waals surface area contributed by atoms with Gasteiger partial charge < -0.3 is 15.0 Å². The fourth-order valence-electron chi connectivity index (χ4n) is 3.90. The number of hydrogen-bond donors (Lipinski definition) is 1. The first kappa shape index (κ1) is 31.1. The number of hydrogen-bond acceptors (Lipinski definition) is 5. The van der Waals surface area contributed by atoms with E-state index in [0.717, 1.165) is 4.31 Å². The molecule has 0 spiro atoms. The molecule has 2 amide bonds. The highest BCUT2D eigenvalue weighted by atomic mass is 79.9. The molecule has 0 radical (unpaired) electrons. The van der Waals surface area contributed by atoms with Crippen molar-refractivity contribution in [3.05, 3.63) is 88.6 Å². The highest BCUT2D eigenvalue weighted by Gasteiger charge is 2.32. The van der Waals surface area contributed by atoms with Crippen LogP contribution in [0.3, 0.4) is 0 Å². The SMILES string of the molecule is CCCNC(=O)C(C)N(Cc1ccc(F)cc1)C(=O)CN(c1ccc(OCC)cc1)S(=O)(=O)c1ccc(Br)cc1. The maximum Gasteiger partial charge on any atom is 0.264 e. The highest BCUT2D eigenvalue weighted by Crippen LogP contribution is 2.27. The van der Waals surface area contributed by atoms with Gasteiger partial charge in [0.25, 0.3) is 10.0 Å². The summed E-state index contributed by atoms with van der Waals surface area (Å²) in [6.45, 7) is 5.61. The third kappa shape index (κ3) is 8.04. The number of benzene rings is 3. The second-order valence-electron chi connectivity index (χ2n) is 9.01. The first-order valence-corrected chi connectivity index (χ1v) is 15.1. The molecule has 8 nitrogen and oxygen atoms in total. The van der Waals surface area contributed by atoms with Crippen LogP contribution >= 0.6 is 15.9 Å². The van der Waals surface area contributed by atoms with Crippen molar-refractivity contribution in [1.29, 1.82) is 0 Å². The number of carbonyl (C=O) groups is 2. The number of rotatable bonds is 13. The van der Waals surface area contributed by atoms with Gasteiger partial charge in [-0.15, -0.1) is 0 Å². The lowest BCUT2D eigenvalue weighted by molar-refractivity contribution is -0.139. The zero-order valence-electron chi connectivity index (χ0n) is 22.6. The Labute approximate surface area is 243 Å². The van der Waals surface area contributed by atoms with Gasteiger partial charge in [0.1, 0.15) is 24.2 Å². The minimum Gasteiger partial charge on any atom is -0.494 e. The van der Waals surface area contributed by atoms with Crippen molar-refractivity contribution in [2.45, 2.75) is 44.7 Å². The fourth-order valence-corrected chi connectivity index (χ4v) is 5.58. The summed E-state index contributed by atoms with van der Waals surface area (Å²) in [6, 6.07) is 17.2. The monoisotopic (exact) mass is 633 g/mol. The van der Waals surface area contributed by atoms with Gasteiger partial charge in [-0.25, -0.2) is 12.8 Å². The van der Waals surface area contributed by atoms with Gasteiger partial charge in [0.2, 0.25) is 11.8 Å². The molecule has 1 unspecified atom stereocenters. The molecule has 40 heavy (non-hydrogen) atoms. The normalized spacial score (nSPS) is 11.9. The number of nitrogens with one attached hydrogen (secondary N) is 1. The molecule has 0 aliphatic rings. The van der Waals surface area contributed by atoms with Crippen molar-refractivity contribution >= 4 is 43.5 Å². The molecule has 214 valence electrons. The lowest BCUT2D eigenvalue weighted by atomic mass is 10.1. The van der Waals surface area contributed by atoms with Crippen molar-refractivity contribution in [2.75, 3.05) is 24.0 Å². The third-order valence-corrected chi connectivity index (χ3v) is 8.42. The Bertz CT molecular complexity index is 1380. The van der Waals surface area contributed by atoms with Crippen LogP contribution in [0.4, 0.5) is 10.1 Å². The summed E-state index contributed by atoms with van der Waals surface area (Å²) in [7, 11) is -4.19. The van der Waals surface area contributed by atoms with E-state index in [2.05, 4.69) is 21.2 Å². The van der Waals surface area contributed by atoms with Crippen LogP contribution < -0.4 is 14.4 Å². The van der Waals surface area contributed by atoms with Gasteiger partial charge in [-0.2, -0.15) is 0 Å². The maximum absolute atomic E-state index is 13.9. The van der Waals surface area contributed by atoms with Crippen LogP contribution in [0, 0.1) is 5.82 Å². The number of nitrogens with zero attached hydrogens (tertiary/aromatic N) is 2. The number of ether oxygens (including phenoxy) is 1. The van der Waals surface area contributed by atoms with Gasteiger partial charge in [-0.3, -0.25) is 13.9 Å². The average molecular weight is 635 g/mol. The average Bonchev–Trinajstić information content (AvgIpc) is 2.94. The van der Waals surface area contributed by atoms with Crippen LogP contribution in [0.25, 0.3) is 0 Å². The molecule has 3 rings (SSSR count). The van der Waals surface area contributed by atoms with Gasteiger partial charge >= 0.3 is 0 Å². The molecule has 11 heteroatoms. The highest BCUT2D eigenvalue weighted by molar-refractivity contribution is 9.10. The number of amides is 2. The van der Waals surface area contributed by atoms with Crippen molar-refractivity contribution in [2.24, 2.45) is 0 Å². The van der Waals surface area contributed by atoms with Crippen molar-refractivity contribution in [3.63, 3.8) is 0 Å². The molecule has 0 aliphatic carbocycles. The molecular weight excluding hydrogens is 601 g/mol. The standard InChI is InChI=1S/C29H33BrFN3O5S/c1-4-18-32-29(36)21(3)33(19-22-6-10-24(31)11-7-22)28(35)20-34(25-12-14-26(15-13-25)39-5-2)40(37,38)27-16-8-23(30)9-17-27/h6-17,21H,4-5,18-20H2,1-3H3,(H,32,36). The summed E-state index contributed by atoms with van der Waals surface area (Å²) < 4.78 is 48.4. The Kier molecular flexibility index (Phi) is 11.1. The van der Waals surface area contributed by atoms with E-state index in [9.17, 15) is 22.4 Å². The molecule has 0 bridgehead atoms. The van der Waals surface area contributed by atoms with Gasteiger partial charge in [0, 0.05) is 17.6 Å². The Morgan fingerprint density at radius 2 is 1.60 bits per heavy atom. The van der Waals surface area contributed by atoms with Crippen LogP contribution in [0.15, 0.2) is 82.2 Å². The smallest absolute Gasteiger partial charge is 0.264 e. The molecule has 0 heterocycles. The van der Waals surface area contributed by atoms with E-state index in [-0.39, 0.29) is 23.0 Å². The summed E-state index contributed by atoms with van der Waals surface area (Å²) in [5.74, 6) is -0.853. The number of anilines is 1. The lowest BCUT2D eigenvalue weighted by Gasteiger charge is -2.32. The molecule has 0 aromatic heterocycles. The van der Waals surface area contributed by atoms with E-state index in [1.165, 1.54) is 41.3 Å². The van der Waals surface area contributed by atoms with E-state index in [0.29, 0.717) is 35.4 Å². The van der Waals surface area contributed by atoms with Gasteiger partial charge in [0.15, 0.2) is 0 Å². The minimum absolute atomic E-state index is 0.00351. The Morgan fingerprint density at radius 3 is 2.17 bits per heavy atom.